The normalized spacial score (nSPS) is 11.4. The molecular formula is C10H13NO3. The molecule has 0 atom stereocenters. The predicted molar refractivity (Wildman–Crippen MR) is 52.9 cm³/mol. The van der Waals surface area contributed by atoms with Crippen molar-refractivity contribution in [2.75, 3.05) is 13.9 Å². The van der Waals surface area contributed by atoms with Crippen molar-refractivity contribution in [3.8, 4) is 5.75 Å². The maximum atomic E-state index is 8.54. The Hall–Kier alpha value is -1.55. The van der Waals surface area contributed by atoms with Gasteiger partial charge in [0.25, 0.3) is 0 Å². The number of methoxy groups -OCH3 is 1. The minimum atomic E-state index is 0.229. The highest BCUT2D eigenvalue weighted by atomic mass is 16.7. The number of oxime groups is 1. The minimum Gasteiger partial charge on any atom is -0.468 e. The van der Waals surface area contributed by atoms with Crippen molar-refractivity contribution in [3.05, 3.63) is 29.8 Å². The van der Waals surface area contributed by atoms with E-state index in [1.165, 1.54) is 0 Å². The first-order chi connectivity index (χ1) is 6.77. The van der Waals surface area contributed by atoms with Crippen molar-refractivity contribution < 1.29 is 14.7 Å². The summed E-state index contributed by atoms with van der Waals surface area (Å²) >= 11 is 0. The molecule has 0 aliphatic carbocycles. The zero-order chi connectivity index (χ0) is 10.4. The van der Waals surface area contributed by atoms with E-state index in [4.69, 9.17) is 14.7 Å². The fourth-order valence-electron chi connectivity index (χ4n) is 0.977. The zero-order valence-corrected chi connectivity index (χ0v) is 8.23. The predicted octanol–water partition coefficient (Wildman–Crippen LogP) is 1.87. The average molecular weight is 195 g/mol. The second kappa shape index (κ2) is 5.24. The van der Waals surface area contributed by atoms with Gasteiger partial charge in [0.05, 0.1) is 5.71 Å². The Bertz CT molecular complexity index is 306. The van der Waals surface area contributed by atoms with Crippen molar-refractivity contribution in [2.24, 2.45) is 5.16 Å². The van der Waals surface area contributed by atoms with Crippen molar-refractivity contribution in [1.29, 1.82) is 0 Å². The topological polar surface area (TPSA) is 51.0 Å². The van der Waals surface area contributed by atoms with Crippen LogP contribution in [0, 0.1) is 0 Å². The summed E-state index contributed by atoms with van der Waals surface area (Å²) in [4.78, 5) is 0. The van der Waals surface area contributed by atoms with Gasteiger partial charge in [-0.25, -0.2) is 0 Å². The molecule has 1 aromatic rings. The molecule has 1 aromatic carbocycles. The largest absolute Gasteiger partial charge is 0.468 e. The van der Waals surface area contributed by atoms with Crippen LogP contribution in [0.2, 0.25) is 0 Å². The highest BCUT2D eigenvalue weighted by molar-refractivity contribution is 5.98. The molecule has 0 spiro atoms. The van der Waals surface area contributed by atoms with E-state index in [0.29, 0.717) is 5.71 Å². The smallest absolute Gasteiger partial charge is 0.188 e. The third kappa shape index (κ3) is 2.74. The number of benzene rings is 1. The first-order valence-corrected chi connectivity index (χ1v) is 4.18. The standard InChI is InChI=1S/C10H13NO3/c1-8(11-12)9-3-5-10(6-4-9)14-7-13-2/h3-6,12H,7H2,1-2H3/b11-8+. The van der Waals surface area contributed by atoms with Gasteiger partial charge in [0, 0.05) is 7.11 Å². The summed E-state index contributed by atoms with van der Waals surface area (Å²) in [7, 11) is 1.57. The molecule has 76 valence electrons. The van der Waals surface area contributed by atoms with Crippen LogP contribution in [0.25, 0.3) is 0 Å². The third-order valence-corrected chi connectivity index (χ3v) is 1.77. The van der Waals surface area contributed by atoms with Gasteiger partial charge in [-0.2, -0.15) is 0 Å². The van der Waals surface area contributed by atoms with Crippen LogP contribution < -0.4 is 4.74 Å². The Balaban J connectivity index is 2.68. The van der Waals surface area contributed by atoms with Gasteiger partial charge in [0.15, 0.2) is 6.79 Å². The fourth-order valence-corrected chi connectivity index (χ4v) is 0.977. The van der Waals surface area contributed by atoms with Crippen LogP contribution in [0.3, 0.4) is 0 Å². The van der Waals surface area contributed by atoms with Crippen LogP contribution >= 0.6 is 0 Å². The van der Waals surface area contributed by atoms with Crippen LogP contribution in [-0.4, -0.2) is 24.8 Å². The summed E-state index contributed by atoms with van der Waals surface area (Å²) < 4.78 is 9.96. The van der Waals surface area contributed by atoms with Crippen molar-refractivity contribution in [1.82, 2.24) is 0 Å². The van der Waals surface area contributed by atoms with E-state index in [1.807, 2.05) is 12.1 Å². The number of rotatable bonds is 4. The van der Waals surface area contributed by atoms with Gasteiger partial charge < -0.3 is 14.7 Å². The molecule has 0 saturated carbocycles. The van der Waals surface area contributed by atoms with Gasteiger partial charge in [0.2, 0.25) is 0 Å². The molecular weight excluding hydrogens is 182 g/mol. The van der Waals surface area contributed by atoms with E-state index >= 15 is 0 Å². The third-order valence-electron chi connectivity index (χ3n) is 1.77. The highest BCUT2D eigenvalue weighted by Crippen LogP contribution is 2.12. The van der Waals surface area contributed by atoms with Crippen LogP contribution in [0.15, 0.2) is 29.4 Å². The summed E-state index contributed by atoms with van der Waals surface area (Å²) in [5.41, 5.74) is 1.43. The molecule has 0 fully saturated rings. The average Bonchev–Trinajstić information content (AvgIpc) is 2.26. The maximum absolute atomic E-state index is 8.54. The molecule has 1 rings (SSSR count). The second-order valence-corrected chi connectivity index (χ2v) is 2.76. The van der Waals surface area contributed by atoms with Crippen molar-refractivity contribution >= 4 is 5.71 Å². The molecule has 0 unspecified atom stereocenters. The van der Waals surface area contributed by atoms with E-state index < -0.39 is 0 Å². The lowest BCUT2D eigenvalue weighted by Crippen LogP contribution is -1.99. The van der Waals surface area contributed by atoms with Gasteiger partial charge >= 0.3 is 0 Å². The molecule has 0 aromatic heterocycles. The Morgan fingerprint density at radius 1 is 1.36 bits per heavy atom. The molecule has 0 aliphatic rings. The van der Waals surface area contributed by atoms with Gasteiger partial charge in [-0.1, -0.05) is 5.16 Å². The van der Waals surface area contributed by atoms with E-state index in [-0.39, 0.29) is 6.79 Å². The lowest BCUT2D eigenvalue weighted by Gasteiger charge is -2.04. The molecule has 4 heteroatoms. The van der Waals surface area contributed by atoms with Crippen LogP contribution in [0.5, 0.6) is 5.75 Å². The molecule has 1 N–H and O–H groups in total. The quantitative estimate of drug-likeness (QED) is 0.345. The summed E-state index contributed by atoms with van der Waals surface area (Å²) in [6.07, 6.45) is 0. The fraction of sp³-hybridized carbons (Fsp3) is 0.300. The lowest BCUT2D eigenvalue weighted by atomic mass is 10.1. The minimum absolute atomic E-state index is 0.229. The first kappa shape index (κ1) is 10.5. The Morgan fingerprint density at radius 2 is 2.00 bits per heavy atom. The molecule has 0 radical (unpaired) electrons. The van der Waals surface area contributed by atoms with E-state index in [0.717, 1.165) is 11.3 Å². The first-order valence-electron chi connectivity index (χ1n) is 4.18. The van der Waals surface area contributed by atoms with E-state index in [9.17, 15) is 0 Å². The maximum Gasteiger partial charge on any atom is 0.188 e. The molecule has 0 aliphatic heterocycles. The van der Waals surface area contributed by atoms with Crippen LogP contribution in [0.1, 0.15) is 12.5 Å². The monoisotopic (exact) mass is 195 g/mol. The summed E-state index contributed by atoms with van der Waals surface area (Å²) in [5.74, 6) is 0.723. The SMILES string of the molecule is COCOc1ccc(/C(C)=N/O)cc1. The van der Waals surface area contributed by atoms with Crippen molar-refractivity contribution in [3.63, 3.8) is 0 Å². The number of hydrogen-bond acceptors (Lipinski definition) is 4. The molecule has 0 amide bonds. The van der Waals surface area contributed by atoms with Gasteiger partial charge in [0.1, 0.15) is 5.75 Å². The zero-order valence-electron chi connectivity index (χ0n) is 8.23. The van der Waals surface area contributed by atoms with Gasteiger partial charge in [-0.05, 0) is 36.8 Å². The van der Waals surface area contributed by atoms with Crippen LogP contribution in [0.4, 0.5) is 0 Å². The van der Waals surface area contributed by atoms with Crippen LogP contribution in [-0.2, 0) is 4.74 Å². The molecule has 0 saturated heterocycles. The molecule has 14 heavy (non-hydrogen) atoms. The molecule has 4 nitrogen and oxygen atoms in total. The van der Waals surface area contributed by atoms with Gasteiger partial charge in [-0.3, -0.25) is 0 Å². The number of hydrogen-bond donors (Lipinski definition) is 1. The summed E-state index contributed by atoms with van der Waals surface area (Å²) in [6.45, 7) is 1.96. The Labute approximate surface area is 82.8 Å². The lowest BCUT2D eigenvalue weighted by molar-refractivity contribution is 0.0511. The van der Waals surface area contributed by atoms with E-state index in [2.05, 4.69) is 5.16 Å². The summed E-state index contributed by atoms with van der Waals surface area (Å²) in [6, 6.07) is 7.23. The number of ether oxygens (including phenoxy) is 2. The Kier molecular flexibility index (Phi) is 3.94. The Morgan fingerprint density at radius 3 is 2.50 bits per heavy atom. The highest BCUT2D eigenvalue weighted by Gasteiger charge is 1.98. The summed E-state index contributed by atoms with van der Waals surface area (Å²) in [5, 5.41) is 11.6. The second-order valence-electron chi connectivity index (χ2n) is 2.76. The number of nitrogens with zero attached hydrogens (tertiary/aromatic N) is 1. The van der Waals surface area contributed by atoms with Gasteiger partial charge in [-0.15, -0.1) is 0 Å². The van der Waals surface area contributed by atoms with E-state index in [1.54, 1.807) is 26.2 Å². The molecule has 0 heterocycles. The molecule has 0 bridgehead atoms. The van der Waals surface area contributed by atoms with Crippen molar-refractivity contribution in [2.45, 2.75) is 6.92 Å².